The summed E-state index contributed by atoms with van der Waals surface area (Å²) in [5.41, 5.74) is 4.00. The van der Waals surface area contributed by atoms with Crippen LogP contribution in [0.3, 0.4) is 0 Å². The molecule has 1 atom stereocenters. The molecule has 1 aliphatic rings. The minimum absolute atomic E-state index is 0.272. The lowest BCUT2D eigenvalue weighted by atomic mass is 9.93. The molecular weight excluding hydrogens is 318 g/mol. The maximum Gasteiger partial charge on any atom is 0.239 e. The zero-order valence-corrected chi connectivity index (χ0v) is 16.4. The Morgan fingerprint density at radius 3 is 2.21 bits per heavy atom. The lowest BCUT2D eigenvalue weighted by Gasteiger charge is -2.27. The second kappa shape index (κ2) is 7.73. The van der Waals surface area contributed by atoms with Crippen molar-refractivity contribution in [3.8, 4) is 0 Å². The molecule has 0 saturated carbocycles. The minimum Gasteiger partial charge on any atom is -0.282 e. The summed E-state index contributed by atoms with van der Waals surface area (Å²) in [6.07, 6.45) is 5.57. The number of allylic oxidation sites excluding steroid dienone is 1. The number of rotatable bonds is 6. The van der Waals surface area contributed by atoms with Crippen molar-refractivity contribution in [3.05, 3.63) is 41.0 Å². The lowest BCUT2D eigenvalue weighted by molar-refractivity contribution is 0.573. The SMILES string of the molecule is CCC1=CCCCC1S(=O)(=O)Nc1c(C(C)C)cccc1C(C)C. The van der Waals surface area contributed by atoms with Crippen molar-refractivity contribution in [1.29, 1.82) is 0 Å². The predicted molar refractivity (Wildman–Crippen MR) is 103 cm³/mol. The number of benzene rings is 1. The van der Waals surface area contributed by atoms with E-state index in [4.69, 9.17) is 0 Å². The van der Waals surface area contributed by atoms with E-state index in [1.54, 1.807) is 0 Å². The number of para-hydroxylation sites is 1. The van der Waals surface area contributed by atoms with Crippen LogP contribution in [0, 0.1) is 0 Å². The van der Waals surface area contributed by atoms with E-state index >= 15 is 0 Å². The fraction of sp³-hybridized carbons (Fsp3) is 0.600. The van der Waals surface area contributed by atoms with Crippen LogP contribution < -0.4 is 4.72 Å². The quantitative estimate of drug-likeness (QED) is 0.683. The Bertz CT molecular complexity index is 676. The van der Waals surface area contributed by atoms with Crippen LogP contribution in [0.4, 0.5) is 5.69 Å². The lowest BCUT2D eigenvalue weighted by Crippen LogP contribution is -2.32. The standard InChI is InChI=1S/C20H31NO2S/c1-6-16-10-7-8-13-19(16)24(22,23)21-20-17(14(2)3)11-9-12-18(20)15(4)5/h9-12,14-15,19,21H,6-8,13H2,1-5H3. The Kier molecular flexibility index (Phi) is 6.13. The van der Waals surface area contributed by atoms with Gasteiger partial charge in [-0.2, -0.15) is 0 Å². The van der Waals surface area contributed by atoms with Gasteiger partial charge in [0.05, 0.1) is 5.69 Å². The van der Waals surface area contributed by atoms with Gasteiger partial charge in [-0.15, -0.1) is 0 Å². The summed E-state index contributed by atoms with van der Waals surface area (Å²) in [7, 11) is -3.43. The molecule has 0 spiro atoms. The summed E-state index contributed by atoms with van der Waals surface area (Å²) in [6.45, 7) is 10.5. The van der Waals surface area contributed by atoms with Gasteiger partial charge in [0.15, 0.2) is 0 Å². The molecule has 134 valence electrons. The molecule has 0 aliphatic heterocycles. The number of hydrogen-bond donors (Lipinski definition) is 1. The molecule has 1 unspecified atom stereocenters. The second-order valence-corrected chi connectivity index (χ2v) is 9.18. The van der Waals surface area contributed by atoms with Crippen molar-refractivity contribution in [2.45, 2.75) is 77.4 Å². The molecule has 2 rings (SSSR count). The highest BCUT2D eigenvalue weighted by atomic mass is 32.2. The summed E-state index contributed by atoms with van der Waals surface area (Å²) in [6, 6.07) is 6.10. The third-order valence-corrected chi connectivity index (χ3v) is 6.67. The third kappa shape index (κ3) is 4.02. The largest absolute Gasteiger partial charge is 0.282 e. The molecule has 0 aromatic heterocycles. The first-order chi connectivity index (χ1) is 11.3. The Morgan fingerprint density at radius 2 is 1.71 bits per heavy atom. The highest BCUT2D eigenvalue weighted by Gasteiger charge is 2.31. The van der Waals surface area contributed by atoms with E-state index in [-0.39, 0.29) is 11.8 Å². The molecule has 0 saturated heterocycles. The molecule has 4 heteroatoms. The van der Waals surface area contributed by atoms with Crippen LogP contribution >= 0.6 is 0 Å². The van der Waals surface area contributed by atoms with E-state index in [0.717, 1.165) is 48.1 Å². The molecule has 0 radical (unpaired) electrons. The average molecular weight is 350 g/mol. The molecule has 0 heterocycles. The molecule has 24 heavy (non-hydrogen) atoms. The van der Waals surface area contributed by atoms with Crippen molar-refractivity contribution in [2.75, 3.05) is 4.72 Å². The van der Waals surface area contributed by atoms with Gasteiger partial charge in [-0.25, -0.2) is 8.42 Å². The number of anilines is 1. The first-order valence-electron chi connectivity index (χ1n) is 9.11. The topological polar surface area (TPSA) is 46.2 Å². The summed E-state index contributed by atoms with van der Waals surface area (Å²) in [5.74, 6) is 0.544. The normalized spacial score (nSPS) is 18.8. The maximum atomic E-state index is 13.1. The molecule has 3 nitrogen and oxygen atoms in total. The van der Waals surface area contributed by atoms with Gasteiger partial charge in [-0.3, -0.25) is 4.72 Å². The Hall–Kier alpha value is -1.29. The zero-order valence-electron chi connectivity index (χ0n) is 15.6. The van der Waals surface area contributed by atoms with Crippen molar-refractivity contribution >= 4 is 15.7 Å². The predicted octanol–water partition coefficient (Wildman–Crippen LogP) is 5.56. The smallest absolute Gasteiger partial charge is 0.239 e. The number of sulfonamides is 1. The third-order valence-electron chi connectivity index (χ3n) is 4.89. The van der Waals surface area contributed by atoms with E-state index in [2.05, 4.69) is 38.5 Å². The molecule has 0 bridgehead atoms. The Morgan fingerprint density at radius 1 is 1.12 bits per heavy atom. The van der Waals surface area contributed by atoms with Gasteiger partial charge < -0.3 is 0 Å². The van der Waals surface area contributed by atoms with Gasteiger partial charge in [0.25, 0.3) is 0 Å². The molecule has 1 aromatic carbocycles. The van der Waals surface area contributed by atoms with Gasteiger partial charge in [-0.1, -0.05) is 64.5 Å². The first kappa shape index (κ1) is 19.0. The monoisotopic (exact) mass is 349 g/mol. The number of hydrogen-bond acceptors (Lipinski definition) is 2. The Balaban J connectivity index is 2.46. The molecule has 0 fully saturated rings. The first-order valence-corrected chi connectivity index (χ1v) is 10.7. The summed E-state index contributed by atoms with van der Waals surface area (Å²) >= 11 is 0. The minimum atomic E-state index is -3.43. The second-order valence-electron chi connectivity index (χ2n) is 7.32. The molecule has 0 amide bonds. The summed E-state index contributed by atoms with van der Waals surface area (Å²) < 4.78 is 29.2. The van der Waals surface area contributed by atoms with Crippen molar-refractivity contribution in [2.24, 2.45) is 0 Å². The van der Waals surface area contributed by atoms with E-state index in [1.807, 2.05) is 25.1 Å². The van der Waals surface area contributed by atoms with Crippen LogP contribution in [0.1, 0.15) is 83.3 Å². The fourth-order valence-corrected chi connectivity index (χ4v) is 5.32. The van der Waals surface area contributed by atoms with Crippen LogP contribution in [0.15, 0.2) is 29.8 Å². The van der Waals surface area contributed by atoms with Crippen molar-refractivity contribution in [3.63, 3.8) is 0 Å². The Labute approximate surface area is 147 Å². The highest BCUT2D eigenvalue weighted by Crippen LogP contribution is 2.35. The molecule has 1 aliphatic carbocycles. The zero-order chi connectivity index (χ0) is 17.9. The van der Waals surface area contributed by atoms with Gasteiger partial charge >= 0.3 is 0 Å². The fourth-order valence-electron chi connectivity index (χ4n) is 3.52. The van der Waals surface area contributed by atoms with Crippen LogP contribution in [0.5, 0.6) is 0 Å². The van der Waals surface area contributed by atoms with Crippen molar-refractivity contribution < 1.29 is 8.42 Å². The van der Waals surface area contributed by atoms with Gasteiger partial charge in [0.2, 0.25) is 10.0 Å². The van der Waals surface area contributed by atoms with E-state index in [1.165, 1.54) is 0 Å². The summed E-state index contributed by atoms with van der Waals surface area (Å²) in [5, 5.41) is -0.392. The van der Waals surface area contributed by atoms with E-state index in [0.29, 0.717) is 0 Å². The van der Waals surface area contributed by atoms with Crippen molar-refractivity contribution in [1.82, 2.24) is 0 Å². The van der Waals surface area contributed by atoms with Crippen LogP contribution in [-0.2, 0) is 10.0 Å². The highest BCUT2D eigenvalue weighted by molar-refractivity contribution is 7.93. The summed E-state index contributed by atoms with van der Waals surface area (Å²) in [4.78, 5) is 0. The number of nitrogens with one attached hydrogen (secondary N) is 1. The van der Waals surface area contributed by atoms with Gasteiger partial charge in [0, 0.05) is 0 Å². The van der Waals surface area contributed by atoms with Crippen LogP contribution in [0.2, 0.25) is 0 Å². The van der Waals surface area contributed by atoms with E-state index < -0.39 is 15.3 Å². The van der Waals surface area contributed by atoms with Crippen LogP contribution in [-0.4, -0.2) is 13.7 Å². The van der Waals surface area contributed by atoms with E-state index in [9.17, 15) is 8.42 Å². The van der Waals surface area contributed by atoms with Gasteiger partial charge in [0.1, 0.15) is 5.25 Å². The van der Waals surface area contributed by atoms with Crippen LogP contribution in [0.25, 0.3) is 0 Å². The average Bonchev–Trinajstić information content (AvgIpc) is 2.54. The molecular formula is C20H31NO2S. The van der Waals surface area contributed by atoms with Gasteiger partial charge in [-0.05, 0) is 48.6 Å². The maximum absolute atomic E-state index is 13.1. The molecule has 1 N–H and O–H groups in total. The molecule has 1 aromatic rings.